The zero-order valence-corrected chi connectivity index (χ0v) is 16.3. The van der Waals surface area contributed by atoms with Gasteiger partial charge in [-0.1, -0.05) is 35.9 Å². The lowest BCUT2D eigenvalue weighted by Crippen LogP contribution is -2.41. The van der Waals surface area contributed by atoms with Gasteiger partial charge in [-0.2, -0.15) is 0 Å². The fraction of sp³-hybridized carbons (Fsp3) is 0.333. The molecule has 2 aromatic carbocycles. The predicted octanol–water partition coefficient (Wildman–Crippen LogP) is 3.84. The number of ether oxygens (including phenoxy) is 1. The summed E-state index contributed by atoms with van der Waals surface area (Å²) in [5.74, 6) is -0.0647. The van der Waals surface area contributed by atoms with Crippen molar-refractivity contribution in [3.8, 4) is 5.75 Å². The minimum atomic E-state index is -1.88. The zero-order chi connectivity index (χ0) is 19.8. The van der Waals surface area contributed by atoms with Crippen LogP contribution in [0.3, 0.4) is 0 Å². The molecule has 27 heavy (non-hydrogen) atoms. The second-order valence-corrected chi connectivity index (χ2v) is 7.48. The second-order valence-electron chi connectivity index (χ2n) is 7.08. The average molecular weight is 388 g/mol. The molecule has 0 aliphatic carbocycles. The molecule has 0 radical (unpaired) electrons. The van der Waals surface area contributed by atoms with Crippen molar-refractivity contribution in [2.45, 2.75) is 45.4 Å². The Morgan fingerprint density at radius 2 is 1.89 bits per heavy atom. The van der Waals surface area contributed by atoms with Gasteiger partial charge < -0.3 is 14.7 Å². The van der Waals surface area contributed by atoms with Crippen LogP contribution in [0.15, 0.2) is 42.5 Å². The van der Waals surface area contributed by atoms with Crippen molar-refractivity contribution in [1.29, 1.82) is 0 Å². The molecular formula is C21H22ClNO4. The van der Waals surface area contributed by atoms with Crippen LogP contribution in [-0.2, 0) is 21.7 Å². The Kier molecular flexibility index (Phi) is 5.27. The number of carbonyl (C=O) groups is 2. The summed E-state index contributed by atoms with van der Waals surface area (Å²) in [4.78, 5) is 26.1. The van der Waals surface area contributed by atoms with Gasteiger partial charge in [-0.15, -0.1) is 0 Å². The lowest BCUT2D eigenvalue weighted by Gasteiger charge is -2.22. The maximum atomic E-state index is 13.0. The van der Waals surface area contributed by atoms with E-state index in [0.717, 1.165) is 11.3 Å². The van der Waals surface area contributed by atoms with Gasteiger partial charge in [-0.3, -0.25) is 9.59 Å². The number of benzene rings is 2. The molecule has 1 aliphatic heterocycles. The molecule has 2 aromatic rings. The highest BCUT2D eigenvalue weighted by Gasteiger charge is 2.51. The predicted molar refractivity (Wildman–Crippen MR) is 104 cm³/mol. The van der Waals surface area contributed by atoms with E-state index in [9.17, 15) is 14.7 Å². The molecule has 142 valence electrons. The van der Waals surface area contributed by atoms with Gasteiger partial charge >= 0.3 is 0 Å². The third-order valence-corrected chi connectivity index (χ3v) is 4.75. The summed E-state index contributed by atoms with van der Waals surface area (Å²) in [5.41, 5.74) is -0.199. The van der Waals surface area contributed by atoms with E-state index in [1.165, 1.54) is 11.8 Å². The molecule has 0 saturated carbocycles. The van der Waals surface area contributed by atoms with Crippen LogP contribution in [0.1, 0.15) is 38.3 Å². The van der Waals surface area contributed by atoms with Crippen molar-refractivity contribution in [1.82, 2.24) is 0 Å². The van der Waals surface area contributed by atoms with Gasteiger partial charge in [0.15, 0.2) is 5.60 Å². The number of anilines is 1. The van der Waals surface area contributed by atoms with Crippen LogP contribution in [0.2, 0.25) is 5.02 Å². The third kappa shape index (κ3) is 3.70. The lowest BCUT2D eigenvalue weighted by atomic mass is 9.90. The number of rotatable bonds is 6. The number of amides is 1. The quantitative estimate of drug-likeness (QED) is 0.817. The average Bonchev–Trinajstić information content (AvgIpc) is 2.78. The Hall–Kier alpha value is -2.37. The number of para-hydroxylation sites is 1. The highest BCUT2D eigenvalue weighted by Crippen LogP contribution is 2.46. The molecule has 0 saturated heterocycles. The van der Waals surface area contributed by atoms with Gasteiger partial charge in [0.1, 0.15) is 11.5 Å². The third-order valence-electron chi connectivity index (χ3n) is 4.44. The van der Waals surface area contributed by atoms with Gasteiger partial charge in [0, 0.05) is 12.0 Å². The summed E-state index contributed by atoms with van der Waals surface area (Å²) < 4.78 is 5.63. The van der Waals surface area contributed by atoms with Crippen LogP contribution in [0.4, 0.5) is 5.69 Å². The standard InChI is InChI=1S/C21H22ClNO4/c1-13(2)27-16-9-7-15(8-10-16)12-23-19-17(5-4-6-18(19)22)21(26,20(23)25)11-14(3)24/h4-10,13,26H,11-12H2,1-3H3. The fourth-order valence-electron chi connectivity index (χ4n) is 3.37. The Balaban J connectivity index is 1.94. The van der Waals surface area contributed by atoms with Crippen molar-refractivity contribution in [3.63, 3.8) is 0 Å². The number of hydrogen-bond acceptors (Lipinski definition) is 4. The minimum Gasteiger partial charge on any atom is -0.491 e. The van der Waals surface area contributed by atoms with Crippen LogP contribution >= 0.6 is 11.6 Å². The number of hydrogen-bond donors (Lipinski definition) is 1. The molecule has 1 atom stereocenters. The molecule has 6 heteroatoms. The summed E-state index contributed by atoms with van der Waals surface area (Å²) in [5, 5.41) is 11.4. The molecule has 0 aromatic heterocycles. The van der Waals surface area contributed by atoms with Gasteiger partial charge in [-0.25, -0.2) is 0 Å². The molecule has 0 bridgehead atoms. The van der Waals surface area contributed by atoms with E-state index in [4.69, 9.17) is 16.3 Å². The van der Waals surface area contributed by atoms with E-state index in [0.29, 0.717) is 16.3 Å². The Labute approximate surface area is 163 Å². The van der Waals surface area contributed by atoms with Crippen LogP contribution in [0.25, 0.3) is 0 Å². The highest BCUT2D eigenvalue weighted by molar-refractivity contribution is 6.35. The van der Waals surface area contributed by atoms with E-state index >= 15 is 0 Å². The fourth-order valence-corrected chi connectivity index (χ4v) is 3.65. The molecule has 0 spiro atoms. The van der Waals surface area contributed by atoms with Crippen LogP contribution in [0, 0.1) is 0 Å². The highest BCUT2D eigenvalue weighted by atomic mass is 35.5. The van der Waals surface area contributed by atoms with Gasteiger partial charge in [0.05, 0.1) is 23.4 Å². The van der Waals surface area contributed by atoms with Crippen molar-refractivity contribution < 1.29 is 19.4 Å². The van der Waals surface area contributed by atoms with Gasteiger partial charge in [0.2, 0.25) is 0 Å². The van der Waals surface area contributed by atoms with Crippen molar-refractivity contribution in [2.24, 2.45) is 0 Å². The van der Waals surface area contributed by atoms with Crippen molar-refractivity contribution in [3.05, 3.63) is 58.6 Å². The first-order valence-electron chi connectivity index (χ1n) is 8.80. The first kappa shape index (κ1) is 19.4. The van der Waals surface area contributed by atoms with E-state index in [1.807, 2.05) is 38.1 Å². The molecule has 3 rings (SSSR count). The van der Waals surface area contributed by atoms with Crippen LogP contribution in [0.5, 0.6) is 5.75 Å². The molecule has 1 heterocycles. The topological polar surface area (TPSA) is 66.8 Å². The molecule has 1 N–H and O–H groups in total. The summed E-state index contributed by atoms with van der Waals surface area (Å²) in [6.07, 6.45) is -0.208. The Morgan fingerprint density at radius 1 is 1.22 bits per heavy atom. The van der Waals surface area contributed by atoms with Gasteiger partial charge in [-0.05, 0) is 44.5 Å². The number of Topliss-reactive ketones (excluding diaryl/α,β-unsaturated/α-hetero) is 1. The largest absolute Gasteiger partial charge is 0.491 e. The first-order chi connectivity index (χ1) is 12.7. The summed E-state index contributed by atoms with van der Waals surface area (Å²) in [6.45, 7) is 5.49. The zero-order valence-electron chi connectivity index (χ0n) is 15.5. The molecule has 0 fully saturated rings. The van der Waals surface area contributed by atoms with Crippen molar-refractivity contribution >= 4 is 29.0 Å². The lowest BCUT2D eigenvalue weighted by molar-refractivity contribution is -0.141. The van der Waals surface area contributed by atoms with Crippen LogP contribution in [-0.4, -0.2) is 22.9 Å². The number of ketones is 1. The molecule has 1 aliphatic rings. The van der Waals surface area contributed by atoms with Gasteiger partial charge in [0.25, 0.3) is 5.91 Å². The van der Waals surface area contributed by atoms with E-state index in [1.54, 1.807) is 18.2 Å². The maximum absolute atomic E-state index is 13.0. The maximum Gasteiger partial charge on any atom is 0.264 e. The summed E-state index contributed by atoms with van der Waals surface area (Å²) >= 11 is 6.33. The van der Waals surface area contributed by atoms with Crippen molar-refractivity contribution in [2.75, 3.05) is 4.90 Å². The minimum absolute atomic E-state index is 0.0725. The molecule has 5 nitrogen and oxygen atoms in total. The normalized spacial score (nSPS) is 18.7. The summed E-state index contributed by atoms with van der Waals surface area (Å²) in [7, 11) is 0. The summed E-state index contributed by atoms with van der Waals surface area (Å²) in [6, 6.07) is 12.4. The number of halogens is 1. The van der Waals surface area contributed by atoms with E-state index in [-0.39, 0.29) is 24.9 Å². The van der Waals surface area contributed by atoms with E-state index < -0.39 is 11.5 Å². The SMILES string of the molecule is CC(=O)CC1(O)C(=O)N(Cc2ccc(OC(C)C)cc2)c2c(Cl)cccc21. The Bertz CT molecular complexity index is 878. The molecular weight excluding hydrogens is 366 g/mol. The first-order valence-corrected chi connectivity index (χ1v) is 9.18. The van der Waals surface area contributed by atoms with E-state index in [2.05, 4.69) is 0 Å². The smallest absolute Gasteiger partial charge is 0.264 e. The molecule has 1 amide bonds. The number of aliphatic hydroxyl groups is 1. The number of nitrogens with zero attached hydrogens (tertiary/aromatic N) is 1. The number of fused-ring (bicyclic) bond motifs is 1. The van der Waals surface area contributed by atoms with Crippen LogP contribution < -0.4 is 9.64 Å². The molecule has 1 unspecified atom stereocenters. The second kappa shape index (κ2) is 7.33. The monoisotopic (exact) mass is 387 g/mol. The Morgan fingerprint density at radius 3 is 2.48 bits per heavy atom. The number of carbonyl (C=O) groups excluding carboxylic acids is 2.